The van der Waals surface area contributed by atoms with Crippen LogP contribution in [0.25, 0.3) is 11.1 Å². The summed E-state index contributed by atoms with van der Waals surface area (Å²) in [7, 11) is 0. The molecule has 25 heavy (non-hydrogen) atoms. The third kappa shape index (κ3) is 5.14. The minimum Gasteiger partial charge on any atom is -0.394 e. The molecule has 2 amide bonds. The number of hydrogen-bond acceptors (Lipinski definition) is 4. The van der Waals surface area contributed by atoms with Crippen LogP contribution in [0.5, 0.6) is 0 Å². The quantitative estimate of drug-likeness (QED) is 0.477. The molecule has 2 rings (SSSR count). The van der Waals surface area contributed by atoms with E-state index in [2.05, 4.69) is 24.4 Å². The van der Waals surface area contributed by atoms with Gasteiger partial charge in [-0.3, -0.25) is 14.8 Å². The summed E-state index contributed by atoms with van der Waals surface area (Å²) in [6.07, 6.45) is 0.979. The van der Waals surface area contributed by atoms with E-state index < -0.39 is 24.5 Å². The Morgan fingerprint density at radius 3 is 1.96 bits per heavy atom. The van der Waals surface area contributed by atoms with Crippen molar-refractivity contribution in [3.63, 3.8) is 0 Å². The van der Waals surface area contributed by atoms with Crippen LogP contribution >= 0.6 is 0 Å². The smallest absolute Gasteiger partial charge is 0.268 e. The molecule has 0 spiro atoms. The van der Waals surface area contributed by atoms with Gasteiger partial charge in [0.15, 0.2) is 0 Å². The third-order valence-corrected chi connectivity index (χ3v) is 3.76. The van der Waals surface area contributed by atoms with Crippen molar-refractivity contribution in [3.05, 3.63) is 59.7 Å². The zero-order valence-corrected chi connectivity index (χ0v) is 13.3. The molecule has 0 bridgehead atoms. The van der Waals surface area contributed by atoms with Crippen molar-refractivity contribution >= 4 is 11.8 Å². The number of carbonyl (C=O) groups excluding carboxylic acids is 2. The van der Waals surface area contributed by atoms with Gasteiger partial charge in [0.2, 0.25) is 0 Å². The lowest BCUT2D eigenvalue weighted by Crippen LogP contribution is -2.48. The number of hydrogen-bond donors (Lipinski definition) is 4. The summed E-state index contributed by atoms with van der Waals surface area (Å²) in [5.74, 6) is -1.39. The van der Waals surface area contributed by atoms with Crippen LogP contribution in [0.3, 0.4) is 0 Å². The molecule has 1 atom stereocenters. The van der Waals surface area contributed by atoms with Gasteiger partial charge in [-0.25, -0.2) is 5.48 Å². The fourth-order valence-electron chi connectivity index (χ4n) is 2.26. The zero-order chi connectivity index (χ0) is 17.5. The lowest BCUT2D eigenvalue weighted by atomic mass is 10.0. The summed E-state index contributed by atoms with van der Waals surface area (Å²) < 4.78 is 0. The average molecular weight is 344 g/mol. The number of carbonyl (C=O) groups is 2. The number of aliphatic hydroxyl groups is 1. The number of amides is 2. The molecule has 0 saturated carbocycles. The Bertz CT molecular complexity index is 696. The molecule has 0 unspecified atom stereocenters. The minimum absolute atomic E-state index is 0. The van der Waals surface area contributed by atoms with Gasteiger partial charge in [0.05, 0.1) is 6.61 Å². The van der Waals surface area contributed by atoms with Gasteiger partial charge in [-0.15, -0.1) is 0 Å². The predicted molar refractivity (Wildman–Crippen MR) is 96.3 cm³/mol. The first-order valence-corrected chi connectivity index (χ1v) is 7.64. The highest BCUT2D eigenvalue weighted by Gasteiger charge is 2.20. The fraction of sp³-hybridized carbons (Fsp3) is 0.263. The summed E-state index contributed by atoms with van der Waals surface area (Å²) in [6.45, 7) is 1.49. The van der Waals surface area contributed by atoms with E-state index in [9.17, 15) is 9.59 Å². The Balaban J connectivity index is 0.00000312. The van der Waals surface area contributed by atoms with Crippen LogP contribution in [-0.2, 0) is 11.2 Å². The molecule has 0 radical (unpaired) electrons. The van der Waals surface area contributed by atoms with Crippen LogP contribution in [0.2, 0.25) is 0 Å². The van der Waals surface area contributed by atoms with Crippen LogP contribution in [0, 0.1) is 0 Å². The van der Waals surface area contributed by atoms with Gasteiger partial charge in [-0.2, -0.15) is 0 Å². The van der Waals surface area contributed by atoms with Crippen molar-refractivity contribution in [2.24, 2.45) is 0 Å². The van der Waals surface area contributed by atoms with E-state index >= 15 is 0 Å². The van der Waals surface area contributed by atoms with E-state index in [1.807, 2.05) is 24.3 Å². The van der Waals surface area contributed by atoms with Crippen LogP contribution < -0.4 is 10.8 Å². The van der Waals surface area contributed by atoms with Crippen molar-refractivity contribution < 1.29 is 19.9 Å². The second-order valence-electron chi connectivity index (χ2n) is 5.31. The summed E-state index contributed by atoms with van der Waals surface area (Å²) >= 11 is 0. The van der Waals surface area contributed by atoms with Crippen molar-refractivity contribution in [2.75, 3.05) is 6.61 Å². The molecule has 0 aromatic heterocycles. The van der Waals surface area contributed by atoms with E-state index in [4.69, 9.17) is 10.3 Å². The number of nitrogens with one attached hydrogen (secondary N) is 2. The monoisotopic (exact) mass is 344 g/mol. The maximum atomic E-state index is 12.1. The van der Waals surface area contributed by atoms with Crippen LogP contribution in [0.4, 0.5) is 0 Å². The van der Waals surface area contributed by atoms with Gasteiger partial charge in [-0.05, 0) is 35.2 Å². The lowest BCUT2D eigenvalue weighted by Gasteiger charge is -2.14. The number of aryl methyl sites for hydroxylation is 1. The third-order valence-electron chi connectivity index (χ3n) is 3.76. The minimum atomic E-state index is -1.20. The second-order valence-corrected chi connectivity index (χ2v) is 5.31. The number of hydroxylamine groups is 1. The molecule has 6 nitrogen and oxygen atoms in total. The van der Waals surface area contributed by atoms with Gasteiger partial charge in [-0.1, -0.05) is 50.7 Å². The summed E-state index contributed by atoms with van der Waals surface area (Å²) in [6, 6.07) is 13.9. The maximum Gasteiger partial charge on any atom is 0.268 e. The number of aliphatic hydroxyl groups excluding tert-OH is 1. The molecule has 6 heteroatoms. The highest BCUT2D eigenvalue weighted by atomic mass is 16.5. The van der Waals surface area contributed by atoms with Crippen molar-refractivity contribution in [1.29, 1.82) is 0 Å². The number of benzene rings is 2. The van der Waals surface area contributed by atoms with E-state index in [1.165, 1.54) is 11.0 Å². The van der Waals surface area contributed by atoms with Crippen LogP contribution in [0.1, 0.15) is 30.3 Å². The predicted octanol–water partition coefficient (Wildman–Crippen LogP) is 2.15. The number of rotatable bonds is 6. The largest absolute Gasteiger partial charge is 0.394 e. The Kier molecular flexibility index (Phi) is 7.78. The molecule has 0 aliphatic carbocycles. The van der Waals surface area contributed by atoms with Gasteiger partial charge >= 0.3 is 0 Å². The molecule has 134 valence electrons. The normalized spacial score (nSPS) is 11.2. The molecule has 0 heterocycles. The summed E-state index contributed by atoms with van der Waals surface area (Å²) in [5, 5.41) is 20.0. The molecule has 4 N–H and O–H groups in total. The molecule has 2 aromatic rings. The fourth-order valence-corrected chi connectivity index (χ4v) is 2.26. The molecule has 0 aliphatic heterocycles. The first-order chi connectivity index (χ1) is 11.6. The van der Waals surface area contributed by atoms with Crippen molar-refractivity contribution in [1.82, 2.24) is 10.8 Å². The first kappa shape index (κ1) is 20.3. The van der Waals surface area contributed by atoms with Crippen LogP contribution in [-0.4, -0.2) is 34.8 Å². The summed E-state index contributed by atoms with van der Waals surface area (Å²) in [5.41, 5.74) is 5.03. The zero-order valence-electron chi connectivity index (χ0n) is 13.3. The van der Waals surface area contributed by atoms with Crippen molar-refractivity contribution in [3.8, 4) is 11.1 Å². The van der Waals surface area contributed by atoms with E-state index in [-0.39, 0.29) is 7.43 Å². The Hall–Kier alpha value is -2.70. The van der Waals surface area contributed by atoms with Crippen molar-refractivity contribution in [2.45, 2.75) is 26.8 Å². The SMILES string of the molecule is C.CCc1ccc(-c2ccc(C(=O)N[C@H](CO)C(=O)NO)cc2)cc1. The van der Waals surface area contributed by atoms with Gasteiger partial charge < -0.3 is 10.4 Å². The average Bonchev–Trinajstić information content (AvgIpc) is 2.65. The molecular weight excluding hydrogens is 320 g/mol. The Morgan fingerprint density at radius 2 is 1.52 bits per heavy atom. The molecule has 2 aromatic carbocycles. The Labute approximate surface area is 147 Å². The maximum absolute atomic E-state index is 12.1. The van der Waals surface area contributed by atoms with Gasteiger partial charge in [0.1, 0.15) is 6.04 Å². The van der Waals surface area contributed by atoms with E-state index in [1.54, 1.807) is 12.1 Å². The molecular formula is C19H24N2O4. The summed E-state index contributed by atoms with van der Waals surface area (Å²) in [4.78, 5) is 23.3. The molecule has 0 aliphatic rings. The first-order valence-electron chi connectivity index (χ1n) is 7.64. The standard InChI is InChI=1S/C18H20N2O4.CH4/c1-2-12-3-5-13(6-4-12)14-7-9-15(10-8-14)17(22)19-16(11-21)18(23)20-24;/h3-10,16,21,24H,2,11H2,1H3,(H,19,22)(H,20,23);1H4/t16-;/m1./s1. The van der Waals surface area contributed by atoms with Gasteiger partial charge in [0, 0.05) is 5.56 Å². The topological polar surface area (TPSA) is 98.7 Å². The second kappa shape index (κ2) is 9.56. The van der Waals surface area contributed by atoms with E-state index in [0.717, 1.165) is 17.5 Å². The highest BCUT2D eigenvalue weighted by Crippen LogP contribution is 2.20. The van der Waals surface area contributed by atoms with Gasteiger partial charge in [0.25, 0.3) is 11.8 Å². The Morgan fingerprint density at radius 1 is 1.00 bits per heavy atom. The highest BCUT2D eigenvalue weighted by molar-refractivity contribution is 5.97. The van der Waals surface area contributed by atoms with E-state index in [0.29, 0.717) is 5.56 Å². The lowest BCUT2D eigenvalue weighted by molar-refractivity contribution is -0.132. The molecule has 0 saturated heterocycles. The van der Waals surface area contributed by atoms with Crippen LogP contribution in [0.15, 0.2) is 48.5 Å². The molecule has 0 fully saturated rings.